The quantitative estimate of drug-likeness (QED) is 0.747. The van der Waals surface area contributed by atoms with Crippen molar-refractivity contribution >= 4 is 33.2 Å². The van der Waals surface area contributed by atoms with Crippen LogP contribution >= 0.6 is 11.6 Å². The molecule has 2 aromatic carbocycles. The number of benzene rings is 2. The number of anilines is 1. The van der Waals surface area contributed by atoms with Gasteiger partial charge in [0.2, 0.25) is 15.9 Å². The average Bonchev–Trinajstić information content (AvgIpc) is 2.62. The Labute approximate surface area is 157 Å². The third-order valence-electron chi connectivity index (χ3n) is 3.50. The molecule has 9 heteroatoms. The molecular weight excluding hydrogens is 380 g/mol. The van der Waals surface area contributed by atoms with E-state index in [1.165, 1.54) is 39.3 Å². The fourth-order valence-corrected chi connectivity index (χ4v) is 3.47. The van der Waals surface area contributed by atoms with E-state index < -0.39 is 22.0 Å². The summed E-state index contributed by atoms with van der Waals surface area (Å²) < 4.78 is 37.5. The predicted molar refractivity (Wildman–Crippen MR) is 99.4 cm³/mol. The minimum atomic E-state index is -3.93. The Balaban J connectivity index is 2.12. The highest BCUT2D eigenvalue weighted by Crippen LogP contribution is 2.29. The lowest BCUT2D eigenvalue weighted by Crippen LogP contribution is -2.41. The van der Waals surface area contributed by atoms with Crippen LogP contribution in [0.3, 0.4) is 0 Å². The van der Waals surface area contributed by atoms with Crippen LogP contribution < -0.4 is 19.5 Å². The number of hydrogen-bond acceptors (Lipinski definition) is 5. The predicted octanol–water partition coefficient (Wildman–Crippen LogP) is 2.66. The van der Waals surface area contributed by atoms with E-state index in [-0.39, 0.29) is 10.6 Å². The molecule has 1 unspecified atom stereocenters. The molecule has 0 spiro atoms. The van der Waals surface area contributed by atoms with E-state index >= 15 is 0 Å². The number of methoxy groups -OCH3 is 2. The van der Waals surface area contributed by atoms with Crippen molar-refractivity contribution in [3.63, 3.8) is 0 Å². The summed E-state index contributed by atoms with van der Waals surface area (Å²) in [6.07, 6.45) is 0. The Morgan fingerprint density at radius 1 is 1.04 bits per heavy atom. The normalized spacial score (nSPS) is 12.3. The maximum absolute atomic E-state index is 12.5. The monoisotopic (exact) mass is 398 g/mol. The van der Waals surface area contributed by atoms with Crippen LogP contribution in [0.1, 0.15) is 6.92 Å². The second kappa shape index (κ2) is 8.39. The van der Waals surface area contributed by atoms with Gasteiger partial charge in [0, 0.05) is 16.8 Å². The summed E-state index contributed by atoms with van der Waals surface area (Å²) in [4.78, 5) is 12.2. The molecule has 140 valence electrons. The number of amides is 1. The molecule has 2 N–H and O–H groups in total. The summed E-state index contributed by atoms with van der Waals surface area (Å²) in [6.45, 7) is 1.45. The van der Waals surface area contributed by atoms with Crippen molar-refractivity contribution in [3.05, 3.63) is 47.5 Å². The van der Waals surface area contributed by atoms with Crippen LogP contribution in [0, 0.1) is 0 Å². The molecule has 26 heavy (non-hydrogen) atoms. The van der Waals surface area contributed by atoms with Gasteiger partial charge in [0.1, 0.15) is 0 Å². The van der Waals surface area contributed by atoms with Crippen molar-refractivity contribution in [1.82, 2.24) is 4.72 Å². The fraction of sp³-hybridized carbons (Fsp3) is 0.235. The molecule has 0 radical (unpaired) electrons. The van der Waals surface area contributed by atoms with Gasteiger partial charge in [-0.05, 0) is 43.3 Å². The van der Waals surface area contributed by atoms with Gasteiger partial charge in [0.25, 0.3) is 0 Å². The molecule has 0 saturated carbocycles. The number of hydrogen-bond donors (Lipinski definition) is 2. The van der Waals surface area contributed by atoms with Crippen molar-refractivity contribution in [2.24, 2.45) is 0 Å². The topological polar surface area (TPSA) is 93.7 Å². The van der Waals surface area contributed by atoms with Crippen molar-refractivity contribution in [2.75, 3.05) is 19.5 Å². The molecular formula is C17H19ClN2O5S. The Morgan fingerprint density at radius 3 is 2.23 bits per heavy atom. The zero-order chi connectivity index (χ0) is 19.3. The molecule has 7 nitrogen and oxygen atoms in total. The number of carbonyl (C=O) groups excluding carboxylic acids is 1. The minimum absolute atomic E-state index is 0.0405. The highest BCUT2D eigenvalue weighted by atomic mass is 35.5. The first kappa shape index (κ1) is 20.0. The number of carbonyl (C=O) groups is 1. The van der Waals surface area contributed by atoms with Crippen LogP contribution in [-0.4, -0.2) is 34.6 Å². The number of nitrogens with one attached hydrogen (secondary N) is 2. The number of rotatable bonds is 7. The molecule has 0 aliphatic carbocycles. The van der Waals surface area contributed by atoms with Gasteiger partial charge in [-0.25, -0.2) is 8.42 Å². The van der Waals surface area contributed by atoms with Crippen LogP contribution in [0.25, 0.3) is 0 Å². The van der Waals surface area contributed by atoms with Crippen LogP contribution in [0.15, 0.2) is 47.4 Å². The van der Waals surface area contributed by atoms with Gasteiger partial charge in [-0.3, -0.25) is 4.79 Å². The SMILES string of the molecule is COc1ccc(S(=O)(=O)NC(C)C(=O)Nc2ccc(Cl)cc2)cc1OC. The van der Waals surface area contributed by atoms with Crippen molar-refractivity contribution < 1.29 is 22.7 Å². The van der Waals surface area contributed by atoms with E-state index in [0.717, 1.165) is 0 Å². The Hall–Kier alpha value is -2.29. The molecule has 0 bridgehead atoms. The van der Waals surface area contributed by atoms with E-state index in [2.05, 4.69) is 10.0 Å². The van der Waals surface area contributed by atoms with Gasteiger partial charge >= 0.3 is 0 Å². The summed E-state index contributed by atoms with van der Waals surface area (Å²) >= 11 is 5.79. The Kier molecular flexibility index (Phi) is 6.47. The van der Waals surface area contributed by atoms with Crippen LogP contribution in [0.5, 0.6) is 11.5 Å². The second-order valence-electron chi connectivity index (χ2n) is 5.36. The lowest BCUT2D eigenvalue weighted by Gasteiger charge is -2.15. The van der Waals surface area contributed by atoms with E-state index in [4.69, 9.17) is 21.1 Å². The first-order chi connectivity index (χ1) is 12.3. The maximum Gasteiger partial charge on any atom is 0.242 e. The Morgan fingerprint density at radius 2 is 1.65 bits per heavy atom. The number of ether oxygens (including phenoxy) is 2. The zero-order valence-electron chi connectivity index (χ0n) is 14.4. The highest BCUT2D eigenvalue weighted by molar-refractivity contribution is 7.89. The van der Waals surface area contributed by atoms with Crippen LogP contribution in [-0.2, 0) is 14.8 Å². The van der Waals surface area contributed by atoms with Gasteiger partial charge in [-0.1, -0.05) is 11.6 Å². The number of sulfonamides is 1. The summed E-state index contributed by atoms with van der Waals surface area (Å²) in [6, 6.07) is 9.66. The average molecular weight is 399 g/mol. The van der Waals surface area contributed by atoms with E-state index in [0.29, 0.717) is 16.5 Å². The van der Waals surface area contributed by atoms with E-state index in [1.807, 2.05) is 0 Å². The summed E-state index contributed by atoms with van der Waals surface area (Å²) in [5.41, 5.74) is 0.511. The summed E-state index contributed by atoms with van der Waals surface area (Å²) in [5.74, 6) is 0.171. The lowest BCUT2D eigenvalue weighted by molar-refractivity contribution is -0.117. The number of halogens is 1. The first-order valence-corrected chi connectivity index (χ1v) is 9.43. The summed E-state index contributed by atoms with van der Waals surface area (Å²) in [7, 11) is -1.07. The zero-order valence-corrected chi connectivity index (χ0v) is 16.0. The summed E-state index contributed by atoms with van der Waals surface area (Å²) in [5, 5.41) is 3.15. The largest absolute Gasteiger partial charge is 0.493 e. The molecule has 2 rings (SSSR count). The van der Waals surface area contributed by atoms with Crippen molar-refractivity contribution in [2.45, 2.75) is 17.9 Å². The molecule has 0 fully saturated rings. The van der Waals surface area contributed by atoms with Gasteiger partial charge in [-0.15, -0.1) is 0 Å². The third-order valence-corrected chi connectivity index (χ3v) is 5.29. The minimum Gasteiger partial charge on any atom is -0.493 e. The second-order valence-corrected chi connectivity index (χ2v) is 7.51. The molecule has 0 heterocycles. The van der Waals surface area contributed by atoms with Crippen LogP contribution in [0.4, 0.5) is 5.69 Å². The lowest BCUT2D eigenvalue weighted by atomic mass is 10.3. The molecule has 1 atom stereocenters. The van der Waals surface area contributed by atoms with Gasteiger partial charge < -0.3 is 14.8 Å². The first-order valence-electron chi connectivity index (χ1n) is 7.57. The Bertz CT molecular complexity index is 885. The fourth-order valence-electron chi connectivity index (χ4n) is 2.12. The van der Waals surface area contributed by atoms with Crippen molar-refractivity contribution in [3.8, 4) is 11.5 Å². The molecule has 0 aromatic heterocycles. The molecule has 2 aromatic rings. The van der Waals surface area contributed by atoms with E-state index in [1.54, 1.807) is 24.3 Å². The third kappa shape index (κ3) is 4.87. The maximum atomic E-state index is 12.5. The van der Waals surface area contributed by atoms with Gasteiger partial charge in [-0.2, -0.15) is 4.72 Å². The molecule has 0 aliphatic rings. The highest BCUT2D eigenvalue weighted by Gasteiger charge is 2.23. The molecule has 1 amide bonds. The van der Waals surface area contributed by atoms with Crippen molar-refractivity contribution in [1.29, 1.82) is 0 Å². The molecule has 0 saturated heterocycles. The van der Waals surface area contributed by atoms with Crippen LogP contribution in [0.2, 0.25) is 5.02 Å². The van der Waals surface area contributed by atoms with E-state index in [9.17, 15) is 13.2 Å². The smallest absolute Gasteiger partial charge is 0.242 e. The van der Waals surface area contributed by atoms with Gasteiger partial charge in [0.05, 0.1) is 25.2 Å². The molecule has 0 aliphatic heterocycles. The standard InChI is InChI=1S/C17H19ClN2O5S/c1-11(17(21)19-13-6-4-12(18)5-7-13)20-26(22,23)14-8-9-15(24-2)16(10-14)25-3/h4-11,20H,1-3H3,(H,19,21). The van der Waals surface area contributed by atoms with Gasteiger partial charge in [0.15, 0.2) is 11.5 Å².